The maximum atomic E-state index is 12.7. The van der Waals surface area contributed by atoms with Crippen molar-refractivity contribution in [2.75, 3.05) is 13.1 Å². The number of carbonyl (C=O) groups is 1. The summed E-state index contributed by atoms with van der Waals surface area (Å²) in [7, 11) is -3.53. The van der Waals surface area contributed by atoms with E-state index in [4.69, 9.17) is 0 Å². The van der Waals surface area contributed by atoms with E-state index in [2.05, 4.69) is 21.2 Å². The van der Waals surface area contributed by atoms with Crippen LogP contribution >= 0.6 is 38.6 Å². The summed E-state index contributed by atoms with van der Waals surface area (Å²) < 4.78 is 28.0. The lowest BCUT2D eigenvalue weighted by molar-refractivity contribution is -0.126. The summed E-state index contributed by atoms with van der Waals surface area (Å²) in [5, 5.41) is 4.96. The van der Waals surface area contributed by atoms with Crippen LogP contribution in [0.5, 0.6) is 0 Å². The second-order valence-electron chi connectivity index (χ2n) is 6.01. The summed E-state index contributed by atoms with van der Waals surface area (Å²) in [6.45, 7) is 3.23. The molecule has 1 saturated heterocycles. The molecule has 3 heterocycles. The Kier molecular flexibility index (Phi) is 5.99. The van der Waals surface area contributed by atoms with Crippen LogP contribution in [0.15, 0.2) is 31.6 Å². The summed E-state index contributed by atoms with van der Waals surface area (Å²) in [5.41, 5.74) is 1.17. The number of nitrogens with zero attached hydrogens (tertiary/aromatic N) is 1. The first-order valence-corrected chi connectivity index (χ1v) is 11.9. The number of rotatable bonds is 5. The molecule has 5 nitrogen and oxygen atoms in total. The Hall–Kier alpha value is -0.740. The van der Waals surface area contributed by atoms with Crippen molar-refractivity contribution in [2.24, 2.45) is 5.92 Å². The molecule has 0 bridgehead atoms. The van der Waals surface area contributed by atoms with Gasteiger partial charge in [-0.15, -0.1) is 22.7 Å². The van der Waals surface area contributed by atoms with Gasteiger partial charge < -0.3 is 5.32 Å². The van der Waals surface area contributed by atoms with Crippen LogP contribution in [0.3, 0.4) is 0 Å². The van der Waals surface area contributed by atoms with Crippen LogP contribution in [-0.4, -0.2) is 31.7 Å². The maximum Gasteiger partial charge on any atom is 0.252 e. The second kappa shape index (κ2) is 7.87. The fraction of sp³-hybridized carbons (Fsp3) is 0.438. The van der Waals surface area contributed by atoms with Crippen molar-refractivity contribution < 1.29 is 13.2 Å². The summed E-state index contributed by atoms with van der Waals surface area (Å²) in [5.74, 6) is -0.368. The van der Waals surface area contributed by atoms with Crippen molar-refractivity contribution >= 4 is 54.5 Å². The van der Waals surface area contributed by atoms with E-state index in [1.807, 2.05) is 18.4 Å². The van der Waals surface area contributed by atoms with E-state index >= 15 is 0 Å². The first-order chi connectivity index (χ1) is 11.9. The molecule has 136 valence electrons. The molecule has 2 aromatic heterocycles. The zero-order valence-electron chi connectivity index (χ0n) is 13.7. The zero-order chi connectivity index (χ0) is 18.0. The number of hydrogen-bond acceptors (Lipinski definition) is 5. The highest BCUT2D eigenvalue weighted by Gasteiger charge is 2.34. The minimum absolute atomic E-state index is 0.0694. The number of halogens is 1. The van der Waals surface area contributed by atoms with Gasteiger partial charge in [-0.25, -0.2) is 8.42 Å². The van der Waals surface area contributed by atoms with E-state index < -0.39 is 10.0 Å². The van der Waals surface area contributed by atoms with E-state index in [9.17, 15) is 13.2 Å². The molecular formula is C16H19BrN2O3S3. The van der Waals surface area contributed by atoms with Crippen molar-refractivity contribution in [1.82, 2.24) is 9.62 Å². The summed E-state index contributed by atoms with van der Waals surface area (Å²) in [6.07, 6.45) is 1.41. The molecular weight excluding hydrogens is 444 g/mol. The molecule has 0 aromatic carbocycles. The topological polar surface area (TPSA) is 66.5 Å². The normalized spacial score (nSPS) is 19.0. The van der Waals surface area contributed by atoms with Crippen LogP contribution in [0.2, 0.25) is 0 Å². The molecule has 0 radical (unpaired) electrons. The molecule has 1 aliphatic rings. The minimum Gasteiger partial charge on any atom is -0.351 e. The Morgan fingerprint density at radius 3 is 2.84 bits per heavy atom. The monoisotopic (exact) mass is 462 g/mol. The first kappa shape index (κ1) is 19.0. The average molecular weight is 463 g/mol. The fourth-order valence-corrected chi connectivity index (χ4v) is 7.37. The molecule has 1 amide bonds. The number of sulfonamides is 1. The van der Waals surface area contributed by atoms with Crippen molar-refractivity contribution in [3.8, 4) is 0 Å². The standard InChI is InChI=1S/C16H19BrN2O3S3/c1-11-6-8-23-13(11)9-18-16(20)12-3-2-7-19(10-12)25(21,22)15-5-4-14(17)24-15/h4-6,8,12H,2-3,7,9-10H2,1H3,(H,18,20). The molecule has 1 unspecified atom stereocenters. The molecule has 0 saturated carbocycles. The number of piperidine rings is 1. The summed E-state index contributed by atoms with van der Waals surface area (Å²) >= 11 is 6.12. The van der Waals surface area contributed by atoms with Gasteiger partial charge >= 0.3 is 0 Å². The zero-order valence-corrected chi connectivity index (χ0v) is 17.7. The van der Waals surface area contributed by atoms with Crippen LogP contribution in [-0.2, 0) is 21.4 Å². The van der Waals surface area contributed by atoms with Gasteiger partial charge in [-0.05, 0) is 64.8 Å². The predicted molar refractivity (Wildman–Crippen MR) is 104 cm³/mol. The lowest BCUT2D eigenvalue weighted by atomic mass is 9.99. The van der Waals surface area contributed by atoms with E-state index in [1.54, 1.807) is 23.5 Å². The highest BCUT2D eigenvalue weighted by atomic mass is 79.9. The Bertz CT molecular complexity index is 860. The van der Waals surface area contributed by atoms with E-state index in [1.165, 1.54) is 21.2 Å². The van der Waals surface area contributed by atoms with Gasteiger partial charge in [0.05, 0.1) is 16.2 Å². The molecule has 9 heteroatoms. The molecule has 0 aliphatic carbocycles. The summed E-state index contributed by atoms with van der Waals surface area (Å²) in [6, 6.07) is 5.36. The Balaban J connectivity index is 1.64. The molecule has 25 heavy (non-hydrogen) atoms. The third-order valence-electron chi connectivity index (χ3n) is 4.29. The third kappa shape index (κ3) is 4.33. The number of nitrogens with one attached hydrogen (secondary N) is 1. The maximum absolute atomic E-state index is 12.7. The van der Waals surface area contributed by atoms with Gasteiger partial charge in [-0.1, -0.05) is 0 Å². The highest BCUT2D eigenvalue weighted by Crippen LogP contribution is 2.31. The molecule has 1 N–H and O–H groups in total. The smallest absolute Gasteiger partial charge is 0.252 e. The number of hydrogen-bond donors (Lipinski definition) is 1. The Labute approximate surface area is 164 Å². The third-order valence-corrected chi connectivity index (χ3v) is 9.27. The van der Waals surface area contributed by atoms with Crippen LogP contribution < -0.4 is 5.32 Å². The molecule has 3 rings (SSSR count). The largest absolute Gasteiger partial charge is 0.351 e. The van der Waals surface area contributed by atoms with E-state index in [-0.39, 0.29) is 18.4 Å². The Morgan fingerprint density at radius 1 is 1.40 bits per heavy atom. The van der Waals surface area contributed by atoms with Gasteiger partial charge in [0.25, 0.3) is 10.0 Å². The van der Waals surface area contributed by atoms with Gasteiger partial charge in [0.2, 0.25) is 5.91 Å². The number of thiophene rings is 2. The number of amides is 1. The van der Waals surface area contributed by atoms with Gasteiger partial charge in [0.1, 0.15) is 4.21 Å². The van der Waals surface area contributed by atoms with Crippen molar-refractivity contribution in [3.05, 3.63) is 37.8 Å². The lowest BCUT2D eigenvalue weighted by Gasteiger charge is -2.30. The molecule has 1 aliphatic heterocycles. The predicted octanol–water partition coefficient (Wildman–Crippen LogP) is 3.60. The van der Waals surface area contributed by atoms with E-state index in [0.29, 0.717) is 23.7 Å². The van der Waals surface area contributed by atoms with Crippen molar-refractivity contribution in [1.29, 1.82) is 0 Å². The number of aryl methyl sites for hydroxylation is 1. The average Bonchev–Trinajstić information content (AvgIpc) is 3.21. The van der Waals surface area contributed by atoms with Gasteiger partial charge in [-0.2, -0.15) is 4.31 Å². The quantitative estimate of drug-likeness (QED) is 0.737. The minimum atomic E-state index is -3.53. The lowest BCUT2D eigenvalue weighted by Crippen LogP contribution is -2.45. The highest BCUT2D eigenvalue weighted by molar-refractivity contribution is 9.11. The van der Waals surface area contributed by atoms with Gasteiger partial charge in [0, 0.05) is 18.0 Å². The molecule has 0 spiro atoms. The SMILES string of the molecule is Cc1ccsc1CNC(=O)C1CCCN(S(=O)(=O)c2ccc(Br)s2)C1. The van der Waals surface area contributed by atoms with Crippen LogP contribution in [0.1, 0.15) is 23.3 Å². The van der Waals surface area contributed by atoms with Crippen LogP contribution in [0.4, 0.5) is 0 Å². The van der Waals surface area contributed by atoms with Crippen molar-refractivity contribution in [2.45, 2.75) is 30.5 Å². The van der Waals surface area contributed by atoms with E-state index in [0.717, 1.165) is 15.1 Å². The summed E-state index contributed by atoms with van der Waals surface area (Å²) in [4.78, 5) is 13.6. The molecule has 1 fully saturated rings. The first-order valence-electron chi connectivity index (χ1n) is 7.94. The molecule has 1 atom stereocenters. The van der Waals surface area contributed by atoms with Crippen LogP contribution in [0, 0.1) is 12.8 Å². The van der Waals surface area contributed by atoms with Gasteiger partial charge in [0.15, 0.2) is 0 Å². The molecule has 2 aromatic rings. The van der Waals surface area contributed by atoms with Crippen molar-refractivity contribution in [3.63, 3.8) is 0 Å². The fourth-order valence-electron chi connectivity index (χ4n) is 2.84. The van der Waals surface area contributed by atoms with Gasteiger partial charge in [-0.3, -0.25) is 4.79 Å². The Morgan fingerprint density at radius 2 is 2.20 bits per heavy atom. The van der Waals surface area contributed by atoms with Crippen LogP contribution in [0.25, 0.3) is 0 Å². The second-order valence-corrected chi connectivity index (χ2v) is 11.6. The number of carbonyl (C=O) groups excluding carboxylic acids is 1.